The van der Waals surface area contributed by atoms with Crippen LogP contribution in [0.2, 0.25) is 0 Å². The minimum Gasteiger partial charge on any atom is -0.390 e. The summed E-state index contributed by atoms with van der Waals surface area (Å²) in [7, 11) is 0. The van der Waals surface area contributed by atoms with Crippen molar-refractivity contribution in [3.05, 3.63) is 35.6 Å². The van der Waals surface area contributed by atoms with E-state index in [1.54, 1.807) is 26.0 Å². The van der Waals surface area contributed by atoms with E-state index >= 15 is 0 Å². The largest absolute Gasteiger partial charge is 0.390 e. The highest BCUT2D eigenvalue weighted by Gasteiger charge is 2.14. The summed E-state index contributed by atoms with van der Waals surface area (Å²) in [4.78, 5) is 0. The number of nitrogens with one attached hydrogen (secondary N) is 1. The van der Waals surface area contributed by atoms with Crippen LogP contribution in [0.4, 0.5) is 4.39 Å². The lowest BCUT2D eigenvalue weighted by molar-refractivity contribution is 0.0705. The Labute approximate surface area is 96.5 Å². The zero-order valence-electron chi connectivity index (χ0n) is 10.1. The second-order valence-electron chi connectivity index (χ2n) is 4.76. The Kier molecular flexibility index (Phi) is 4.44. The highest BCUT2D eigenvalue weighted by molar-refractivity contribution is 5.20. The summed E-state index contributed by atoms with van der Waals surface area (Å²) in [5.41, 5.74) is -0.0136. The smallest absolute Gasteiger partial charge is 0.127 e. The van der Waals surface area contributed by atoms with Crippen LogP contribution in [0, 0.1) is 5.82 Å². The standard InChI is InChI=1S/C13H20FNO/c1-10(15-9-8-13(2,3)16)11-6-4-5-7-12(11)14/h4-7,10,15-16H,8-9H2,1-3H3/t10-/m1/s1. The Morgan fingerprint density at radius 1 is 1.38 bits per heavy atom. The monoisotopic (exact) mass is 225 g/mol. The van der Waals surface area contributed by atoms with E-state index in [1.165, 1.54) is 6.07 Å². The fourth-order valence-corrected chi connectivity index (χ4v) is 1.53. The molecule has 0 fully saturated rings. The number of rotatable bonds is 5. The third kappa shape index (κ3) is 4.29. The van der Waals surface area contributed by atoms with E-state index in [0.717, 1.165) is 0 Å². The molecular weight excluding hydrogens is 205 g/mol. The van der Waals surface area contributed by atoms with Crippen molar-refractivity contribution >= 4 is 0 Å². The minimum absolute atomic E-state index is 0.0384. The summed E-state index contributed by atoms with van der Waals surface area (Å²) in [6, 6.07) is 6.71. The van der Waals surface area contributed by atoms with Crippen molar-refractivity contribution in [2.75, 3.05) is 6.54 Å². The summed E-state index contributed by atoms with van der Waals surface area (Å²) >= 11 is 0. The fraction of sp³-hybridized carbons (Fsp3) is 0.538. The van der Waals surface area contributed by atoms with Gasteiger partial charge in [0.05, 0.1) is 5.60 Å². The molecule has 0 aromatic heterocycles. The van der Waals surface area contributed by atoms with Crippen molar-refractivity contribution in [1.82, 2.24) is 5.32 Å². The number of hydrogen-bond donors (Lipinski definition) is 2. The van der Waals surface area contributed by atoms with Gasteiger partial charge in [0, 0.05) is 11.6 Å². The second-order valence-corrected chi connectivity index (χ2v) is 4.76. The molecule has 1 aromatic rings. The van der Waals surface area contributed by atoms with Gasteiger partial charge in [0.25, 0.3) is 0 Å². The Hall–Kier alpha value is -0.930. The molecule has 0 amide bonds. The first-order valence-electron chi connectivity index (χ1n) is 5.60. The Bertz CT molecular complexity index is 333. The van der Waals surface area contributed by atoms with E-state index in [-0.39, 0.29) is 11.9 Å². The van der Waals surface area contributed by atoms with Crippen LogP contribution in [-0.2, 0) is 0 Å². The van der Waals surface area contributed by atoms with E-state index in [2.05, 4.69) is 5.32 Å². The predicted molar refractivity (Wildman–Crippen MR) is 63.7 cm³/mol. The van der Waals surface area contributed by atoms with Gasteiger partial charge in [0.2, 0.25) is 0 Å². The summed E-state index contributed by atoms with van der Waals surface area (Å²) in [5.74, 6) is -0.189. The molecule has 1 atom stereocenters. The molecule has 1 aromatic carbocycles. The number of aliphatic hydroxyl groups is 1. The third-order valence-electron chi connectivity index (χ3n) is 2.56. The summed E-state index contributed by atoms with van der Waals surface area (Å²) in [6.45, 7) is 6.12. The van der Waals surface area contributed by atoms with Crippen LogP contribution in [0.1, 0.15) is 38.8 Å². The molecule has 0 aliphatic carbocycles. The van der Waals surface area contributed by atoms with Gasteiger partial charge >= 0.3 is 0 Å². The van der Waals surface area contributed by atoms with Crippen LogP contribution in [0.15, 0.2) is 24.3 Å². The number of hydrogen-bond acceptors (Lipinski definition) is 2. The second kappa shape index (κ2) is 5.41. The molecule has 2 N–H and O–H groups in total. The van der Waals surface area contributed by atoms with Crippen LogP contribution in [0.5, 0.6) is 0 Å². The average Bonchev–Trinajstić information content (AvgIpc) is 2.16. The maximum atomic E-state index is 13.4. The topological polar surface area (TPSA) is 32.3 Å². The maximum Gasteiger partial charge on any atom is 0.127 e. The lowest BCUT2D eigenvalue weighted by Gasteiger charge is -2.20. The molecule has 0 aliphatic heterocycles. The van der Waals surface area contributed by atoms with Gasteiger partial charge in [-0.3, -0.25) is 0 Å². The first-order valence-corrected chi connectivity index (χ1v) is 5.60. The van der Waals surface area contributed by atoms with E-state index < -0.39 is 5.60 Å². The van der Waals surface area contributed by atoms with Crippen molar-refractivity contribution in [1.29, 1.82) is 0 Å². The summed E-state index contributed by atoms with van der Waals surface area (Å²) in [6.07, 6.45) is 0.645. The van der Waals surface area contributed by atoms with E-state index in [0.29, 0.717) is 18.5 Å². The molecule has 0 bridgehead atoms. The fourth-order valence-electron chi connectivity index (χ4n) is 1.53. The van der Waals surface area contributed by atoms with Crippen molar-refractivity contribution in [2.45, 2.75) is 38.8 Å². The van der Waals surface area contributed by atoms with Crippen LogP contribution >= 0.6 is 0 Å². The summed E-state index contributed by atoms with van der Waals surface area (Å²) < 4.78 is 13.4. The molecule has 0 saturated heterocycles. The zero-order chi connectivity index (χ0) is 12.2. The van der Waals surface area contributed by atoms with E-state index in [4.69, 9.17) is 0 Å². The van der Waals surface area contributed by atoms with Gasteiger partial charge in [0.15, 0.2) is 0 Å². The highest BCUT2D eigenvalue weighted by Crippen LogP contribution is 2.16. The van der Waals surface area contributed by atoms with Gasteiger partial charge in [-0.15, -0.1) is 0 Å². The van der Waals surface area contributed by atoms with Gasteiger partial charge < -0.3 is 10.4 Å². The van der Waals surface area contributed by atoms with Crippen LogP contribution in [0.25, 0.3) is 0 Å². The molecule has 0 saturated carbocycles. The molecule has 2 nitrogen and oxygen atoms in total. The molecule has 1 rings (SSSR count). The van der Waals surface area contributed by atoms with Crippen LogP contribution in [-0.4, -0.2) is 17.3 Å². The van der Waals surface area contributed by atoms with E-state index in [9.17, 15) is 9.50 Å². The highest BCUT2D eigenvalue weighted by atomic mass is 19.1. The SMILES string of the molecule is C[C@@H](NCCC(C)(C)O)c1ccccc1F. The van der Waals surface area contributed by atoms with Gasteiger partial charge in [0.1, 0.15) is 5.82 Å². The molecule has 0 aliphatic rings. The van der Waals surface area contributed by atoms with Gasteiger partial charge in [-0.1, -0.05) is 18.2 Å². The Morgan fingerprint density at radius 3 is 2.56 bits per heavy atom. The van der Waals surface area contributed by atoms with Crippen LogP contribution in [0.3, 0.4) is 0 Å². The molecule has 3 heteroatoms. The first-order chi connectivity index (χ1) is 7.40. The molecule has 0 spiro atoms. The average molecular weight is 225 g/mol. The lowest BCUT2D eigenvalue weighted by atomic mass is 10.0. The predicted octanol–water partition coefficient (Wildman–Crippen LogP) is 2.64. The van der Waals surface area contributed by atoms with Crippen molar-refractivity contribution < 1.29 is 9.50 Å². The quantitative estimate of drug-likeness (QED) is 0.807. The van der Waals surface area contributed by atoms with Gasteiger partial charge in [-0.25, -0.2) is 4.39 Å². The lowest BCUT2D eigenvalue weighted by Crippen LogP contribution is -2.28. The van der Waals surface area contributed by atoms with E-state index in [1.807, 2.05) is 13.0 Å². The Morgan fingerprint density at radius 2 is 2.00 bits per heavy atom. The number of halogens is 1. The maximum absolute atomic E-state index is 13.4. The van der Waals surface area contributed by atoms with Crippen LogP contribution < -0.4 is 5.32 Å². The molecule has 90 valence electrons. The third-order valence-corrected chi connectivity index (χ3v) is 2.56. The Balaban J connectivity index is 2.47. The molecular formula is C13H20FNO. The molecule has 16 heavy (non-hydrogen) atoms. The van der Waals surface area contributed by atoms with Crippen molar-refractivity contribution in [3.8, 4) is 0 Å². The molecule has 0 heterocycles. The number of benzene rings is 1. The normalized spacial score (nSPS) is 13.8. The molecule has 0 radical (unpaired) electrons. The zero-order valence-corrected chi connectivity index (χ0v) is 10.1. The van der Waals surface area contributed by atoms with Gasteiger partial charge in [-0.05, 0) is 39.8 Å². The molecule has 0 unspecified atom stereocenters. The summed E-state index contributed by atoms with van der Waals surface area (Å²) in [5, 5.41) is 12.7. The minimum atomic E-state index is -0.679. The van der Waals surface area contributed by atoms with Crippen molar-refractivity contribution in [3.63, 3.8) is 0 Å². The first kappa shape index (κ1) is 13.1. The van der Waals surface area contributed by atoms with Gasteiger partial charge in [-0.2, -0.15) is 0 Å². The van der Waals surface area contributed by atoms with Crippen molar-refractivity contribution in [2.24, 2.45) is 0 Å².